The maximum Gasteiger partial charge on any atom is 0.335 e. The number of aromatic carboxylic acids is 1. The van der Waals surface area contributed by atoms with Gasteiger partial charge in [0, 0.05) is 24.1 Å². The van der Waals surface area contributed by atoms with Crippen molar-refractivity contribution < 1.29 is 14.7 Å². The van der Waals surface area contributed by atoms with Crippen LogP contribution < -0.4 is 5.32 Å². The fourth-order valence-electron chi connectivity index (χ4n) is 2.73. The standard InChI is InChI=1S/C25H18N2O3/c26-16-20-9-7-18(8-10-20)3-1-4-19-5-2-6-23(15-19)24(28)27-17-21-11-13-22(14-12-21)25(29)30/h2,5-15H,3,17H2,(H,27,28)(H,29,30). The maximum absolute atomic E-state index is 12.4. The molecule has 5 nitrogen and oxygen atoms in total. The second kappa shape index (κ2) is 9.73. The van der Waals surface area contributed by atoms with Crippen molar-refractivity contribution in [2.24, 2.45) is 0 Å². The molecule has 0 heterocycles. The number of rotatable bonds is 5. The van der Waals surface area contributed by atoms with Crippen LogP contribution in [0.1, 0.15) is 43.0 Å². The van der Waals surface area contributed by atoms with Crippen LogP contribution in [0.25, 0.3) is 0 Å². The predicted octanol–water partition coefficient (Wildman–Crippen LogP) is 3.78. The summed E-state index contributed by atoms with van der Waals surface area (Å²) < 4.78 is 0. The van der Waals surface area contributed by atoms with Gasteiger partial charge in [-0.3, -0.25) is 4.79 Å². The Hall–Kier alpha value is -4.35. The van der Waals surface area contributed by atoms with Gasteiger partial charge in [0.1, 0.15) is 0 Å². The van der Waals surface area contributed by atoms with Crippen molar-refractivity contribution in [2.75, 3.05) is 0 Å². The lowest BCUT2D eigenvalue weighted by Crippen LogP contribution is -2.22. The predicted molar refractivity (Wildman–Crippen MR) is 113 cm³/mol. The molecule has 0 aromatic heterocycles. The summed E-state index contributed by atoms with van der Waals surface area (Å²) in [7, 11) is 0. The Kier molecular flexibility index (Phi) is 6.61. The Morgan fingerprint density at radius 1 is 0.867 bits per heavy atom. The quantitative estimate of drug-likeness (QED) is 0.645. The minimum atomic E-state index is -0.984. The fourth-order valence-corrected chi connectivity index (χ4v) is 2.73. The van der Waals surface area contributed by atoms with Crippen molar-refractivity contribution in [3.05, 3.63) is 106 Å². The van der Waals surface area contributed by atoms with Crippen LogP contribution in [0.15, 0.2) is 72.8 Å². The van der Waals surface area contributed by atoms with Gasteiger partial charge in [-0.05, 0) is 53.6 Å². The van der Waals surface area contributed by atoms with Crippen LogP contribution in [-0.2, 0) is 13.0 Å². The molecule has 0 saturated carbocycles. The molecule has 0 saturated heterocycles. The van der Waals surface area contributed by atoms with E-state index in [1.807, 2.05) is 18.2 Å². The molecule has 3 aromatic rings. The largest absolute Gasteiger partial charge is 0.478 e. The van der Waals surface area contributed by atoms with Gasteiger partial charge >= 0.3 is 5.97 Å². The summed E-state index contributed by atoms with van der Waals surface area (Å²) in [6, 6.07) is 22.8. The monoisotopic (exact) mass is 394 g/mol. The van der Waals surface area contributed by atoms with Gasteiger partial charge in [0.25, 0.3) is 5.91 Å². The highest BCUT2D eigenvalue weighted by atomic mass is 16.4. The molecule has 3 aromatic carbocycles. The average Bonchev–Trinajstić information content (AvgIpc) is 2.78. The number of nitriles is 1. The summed E-state index contributed by atoms with van der Waals surface area (Å²) in [5, 5.41) is 20.6. The number of amides is 1. The Balaban J connectivity index is 1.59. The Labute approximate surface area is 174 Å². The van der Waals surface area contributed by atoms with Gasteiger partial charge in [-0.15, -0.1) is 0 Å². The van der Waals surface area contributed by atoms with Crippen LogP contribution in [0, 0.1) is 23.2 Å². The van der Waals surface area contributed by atoms with Crippen LogP contribution in [0.3, 0.4) is 0 Å². The van der Waals surface area contributed by atoms with E-state index in [9.17, 15) is 9.59 Å². The topological polar surface area (TPSA) is 90.2 Å². The Morgan fingerprint density at radius 3 is 2.23 bits per heavy atom. The van der Waals surface area contributed by atoms with Gasteiger partial charge in [0.15, 0.2) is 0 Å². The van der Waals surface area contributed by atoms with Gasteiger partial charge in [0.2, 0.25) is 0 Å². The third kappa shape index (κ3) is 5.58. The van der Waals surface area contributed by atoms with E-state index in [1.54, 1.807) is 42.5 Å². The zero-order valence-corrected chi connectivity index (χ0v) is 16.1. The molecule has 5 heteroatoms. The van der Waals surface area contributed by atoms with Crippen molar-refractivity contribution in [1.29, 1.82) is 5.26 Å². The maximum atomic E-state index is 12.4. The second-order valence-electron chi connectivity index (χ2n) is 6.55. The Bertz CT molecular complexity index is 1160. The lowest BCUT2D eigenvalue weighted by atomic mass is 10.1. The zero-order valence-electron chi connectivity index (χ0n) is 16.1. The lowest BCUT2D eigenvalue weighted by molar-refractivity contribution is 0.0696. The van der Waals surface area contributed by atoms with E-state index in [4.69, 9.17) is 10.4 Å². The molecule has 2 N–H and O–H groups in total. The van der Waals surface area contributed by atoms with Gasteiger partial charge in [-0.2, -0.15) is 5.26 Å². The van der Waals surface area contributed by atoms with E-state index in [-0.39, 0.29) is 11.5 Å². The molecule has 3 rings (SSSR count). The number of carboxylic acid groups (broad SMARTS) is 1. The molecule has 0 aliphatic heterocycles. The summed E-state index contributed by atoms with van der Waals surface area (Å²) in [5.74, 6) is 4.93. The van der Waals surface area contributed by atoms with E-state index in [0.717, 1.165) is 16.7 Å². The van der Waals surface area contributed by atoms with Crippen molar-refractivity contribution in [2.45, 2.75) is 13.0 Å². The van der Waals surface area contributed by atoms with Crippen LogP contribution in [-0.4, -0.2) is 17.0 Å². The lowest BCUT2D eigenvalue weighted by Gasteiger charge is -2.06. The first-order chi connectivity index (χ1) is 14.5. The van der Waals surface area contributed by atoms with E-state index in [1.165, 1.54) is 12.1 Å². The molecule has 0 radical (unpaired) electrons. The van der Waals surface area contributed by atoms with Gasteiger partial charge in [-0.1, -0.05) is 42.2 Å². The molecule has 0 atom stereocenters. The minimum Gasteiger partial charge on any atom is -0.478 e. The van der Waals surface area contributed by atoms with Crippen LogP contribution >= 0.6 is 0 Å². The van der Waals surface area contributed by atoms with Crippen molar-refractivity contribution in [3.8, 4) is 17.9 Å². The highest BCUT2D eigenvalue weighted by molar-refractivity contribution is 5.94. The highest BCUT2D eigenvalue weighted by Crippen LogP contribution is 2.08. The molecule has 0 fully saturated rings. The summed E-state index contributed by atoms with van der Waals surface area (Å²) >= 11 is 0. The number of benzene rings is 3. The highest BCUT2D eigenvalue weighted by Gasteiger charge is 2.06. The molecule has 0 unspecified atom stereocenters. The number of hydrogen-bond acceptors (Lipinski definition) is 3. The van der Waals surface area contributed by atoms with Crippen LogP contribution in [0.4, 0.5) is 0 Å². The van der Waals surface area contributed by atoms with Gasteiger partial charge in [-0.25, -0.2) is 4.79 Å². The van der Waals surface area contributed by atoms with E-state index >= 15 is 0 Å². The summed E-state index contributed by atoms with van der Waals surface area (Å²) in [4.78, 5) is 23.3. The first-order valence-corrected chi connectivity index (χ1v) is 9.23. The molecule has 0 bridgehead atoms. The molecule has 0 spiro atoms. The first-order valence-electron chi connectivity index (χ1n) is 9.23. The molecule has 0 aliphatic rings. The number of nitrogens with one attached hydrogen (secondary N) is 1. The smallest absolute Gasteiger partial charge is 0.335 e. The van der Waals surface area contributed by atoms with Crippen LogP contribution in [0.2, 0.25) is 0 Å². The normalized spacial score (nSPS) is 9.70. The molecule has 146 valence electrons. The number of carboxylic acids is 1. The molecular weight excluding hydrogens is 376 g/mol. The van der Waals surface area contributed by atoms with Crippen molar-refractivity contribution in [3.63, 3.8) is 0 Å². The SMILES string of the molecule is N#Cc1ccc(CC#Cc2cccc(C(=O)NCc3ccc(C(=O)O)cc3)c2)cc1. The number of carbonyl (C=O) groups is 2. The fraction of sp³-hybridized carbons (Fsp3) is 0.0800. The third-order valence-electron chi connectivity index (χ3n) is 4.39. The Morgan fingerprint density at radius 2 is 1.57 bits per heavy atom. The third-order valence-corrected chi connectivity index (χ3v) is 4.39. The summed E-state index contributed by atoms with van der Waals surface area (Å²) in [6.45, 7) is 0.299. The zero-order chi connectivity index (χ0) is 21.3. The molecule has 30 heavy (non-hydrogen) atoms. The number of carbonyl (C=O) groups excluding carboxylic acids is 1. The van der Waals surface area contributed by atoms with Crippen LogP contribution in [0.5, 0.6) is 0 Å². The van der Waals surface area contributed by atoms with E-state index < -0.39 is 5.97 Å². The van der Waals surface area contributed by atoms with Gasteiger partial charge in [0.05, 0.1) is 17.2 Å². The number of nitrogens with zero attached hydrogens (tertiary/aromatic N) is 1. The number of hydrogen-bond donors (Lipinski definition) is 2. The van der Waals surface area contributed by atoms with Crippen molar-refractivity contribution >= 4 is 11.9 Å². The molecule has 0 aliphatic carbocycles. The van der Waals surface area contributed by atoms with E-state index in [0.29, 0.717) is 24.1 Å². The first kappa shape index (κ1) is 20.4. The molecule has 1 amide bonds. The van der Waals surface area contributed by atoms with Crippen molar-refractivity contribution in [1.82, 2.24) is 5.32 Å². The summed E-state index contributed by atoms with van der Waals surface area (Å²) in [5.41, 5.74) is 3.89. The second-order valence-corrected chi connectivity index (χ2v) is 6.55. The van der Waals surface area contributed by atoms with E-state index in [2.05, 4.69) is 23.2 Å². The van der Waals surface area contributed by atoms with Gasteiger partial charge < -0.3 is 10.4 Å². The molecular formula is C25H18N2O3. The summed E-state index contributed by atoms with van der Waals surface area (Å²) in [6.07, 6.45) is 0.550. The average molecular weight is 394 g/mol. The minimum absolute atomic E-state index is 0.206.